The number of hydrogen-bond acceptors (Lipinski definition) is 1. The van der Waals surface area contributed by atoms with Crippen LogP contribution in [0.15, 0.2) is 12.3 Å². The Balaban J connectivity index is 1.95. The minimum Gasteiger partial charge on any atom is -0.348 e. The van der Waals surface area contributed by atoms with Crippen LogP contribution in [-0.2, 0) is 6.42 Å². The van der Waals surface area contributed by atoms with Gasteiger partial charge >= 0.3 is 0 Å². The maximum atomic E-state index is 6.42. The van der Waals surface area contributed by atoms with Crippen LogP contribution in [0.4, 0.5) is 0 Å². The van der Waals surface area contributed by atoms with Crippen LogP contribution in [0.3, 0.4) is 0 Å². The molecule has 1 saturated carbocycles. The summed E-state index contributed by atoms with van der Waals surface area (Å²) in [6, 6.07) is 3.23. The van der Waals surface area contributed by atoms with Crippen LogP contribution >= 0.6 is 0 Å². The fourth-order valence-corrected chi connectivity index (χ4v) is 4.45. The first kappa shape index (κ1) is 14.2. The Bertz CT molecular complexity index is 472. The van der Waals surface area contributed by atoms with Gasteiger partial charge in [0.15, 0.2) is 0 Å². The molecule has 1 aromatic rings. The van der Waals surface area contributed by atoms with Gasteiger partial charge in [-0.15, -0.1) is 0 Å². The summed E-state index contributed by atoms with van der Waals surface area (Å²) in [7, 11) is 0. The maximum Gasteiger partial charge on any atom is 0.0359 e. The summed E-state index contributed by atoms with van der Waals surface area (Å²) in [4.78, 5) is 0. The molecule has 112 valence electrons. The molecular formula is C18H30N2. The highest BCUT2D eigenvalue weighted by Crippen LogP contribution is 2.43. The average Bonchev–Trinajstić information content (AvgIpc) is 2.64. The first-order chi connectivity index (χ1) is 9.48. The van der Waals surface area contributed by atoms with Crippen molar-refractivity contribution < 1.29 is 0 Å². The first-order valence-electron chi connectivity index (χ1n) is 8.43. The molecule has 2 heteroatoms. The van der Waals surface area contributed by atoms with E-state index in [2.05, 4.69) is 37.6 Å². The van der Waals surface area contributed by atoms with E-state index in [1.165, 1.54) is 49.8 Å². The van der Waals surface area contributed by atoms with Gasteiger partial charge in [-0.2, -0.15) is 0 Å². The predicted octanol–water partition coefficient (Wildman–Crippen LogP) is 4.60. The van der Waals surface area contributed by atoms with Gasteiger partial charge in [-0.05, 0) is 48.6 Å². The molecule has 0 saturated heterocycles. The normalized spacial score (nSPS) is 33.5. The van der Waals surface area contributed by atoms with Gasteiger partial charge in [-0.3, -0.25) is 0 Å². The molecule has 0 bridgehead atoms. The Hall–Kier alpha value is -0.760. The van der Waals surface area contributed by atoms with Crippen molar-refractivity contribution in [2.45, 2.75) is 77.8 Å². The number of hydrogen-bond donors (Lipinski definition) is 1. The molecule has 0 aromatic carbocycles. The summed E-state index contributed by atoms with van der Waals surface area (Å²) in [6.07, 6.45) is 11.6. The summed E-state index contributed by atoms with van der Waals surface area (Å²) in [5, 5.41) is 0. The lowest BCUT2D eigenvalue weighted by Gasteiger charge is -2.36. The molecule has 0 radical (unpaired) electrons. The summed E-state index contributed by atoms with van der Waals surface area (Å²) < 4.78 is 2.60. The molecule has 20 heavy (non-hydrogen) atoms. The largest absolute Gasteiger partial charge is 0.348 e. The molecule has 2 nitrogen and oxygen atoms in total. The molecule has 3 rings (SSSR count). The standard InChI is InChI=1S/C18H30N2/c1-13-7-5-4-6-8-16(13)20-10-9-14-15(19)11-18(2,3)12-17(14)20/h9-10,13,15-16H,4-8,11-12,19H2,1-3H3. The third-order valence-corrected chi connectivity index (χ3v) is 5.55. The lowest BCUT2D eigenvalue weighted by Crippen LogP contribution is -2.31. The third-order valence-electron chi connectivity index (χ3n) is 5.55. The highest BCUT2D eigenvalue weighted by molar-refractivity contribution is 5.30. The van der Waals surface area contributed by atoms with Crippen LogP contribution in [0.25, 0.3) is 0 Å². The number of nitrogens with zero attached hydrogens (tertiary/aromatic N) is 1. The fraction of sp³-hybridized carbons (Fsp3) is 0.778. The van der Waals surface area contributed by atoms with Crippen molar-refractivity contribution in [3.05, 3.63) is 23.5 Å². The second kappa shape index (κ2) is 5.22. The van der Waals surface area contributed by atoms with Gasteiger partial charge in [0.2, 0.25) is 0 Å². The molecule has 1 heterocycles. The van der Waals surface area contributed by atoms with Crippen molar-refractivity contribution in [2.75, 3.05) is 0 Å². The second-order valence-electron chi connectivity index (χ2n) is 7.96. The lowest BCUT2D eigenvalue weighted by atomic mass is 9.74. The Kier molecular flexibility index (Phi) is 3.70. The molecule has 0 aliphatic heterocycles. The zero-order valence-corrected chi connectivity index (χ0v) is 13.4. The topological polar surface area (TPSA) is 30.9 Å². The third kappa shape index (κ3) is 2.55. The predicted molar refractivity (Wildman–Crippen MR) is 84.7 cm³/mol. The van der Waals surface area contributed by atoms with E-state index in [9.17, 15) is 0 Å². The number of aromatic nitrogens is 1. The molecular weight excluding hydrogens is 244 g/mol. The molecule has 3 atom stereocenters. The van der Waals surface area contributed by atoms with Crippen LogP contribution in [0, 0.1) is 11.3 Å². The molecule has 0 spiro atoms. The zero-order chi connectivity index (χ0) is 14.3. The van der Waals surface area contributed by atoms with E-state index in [1.54, 1.807) is 0 Å². The van der Waals surface area contributed by atoms with Gasteiger partial charge in [0.1, 0.15) is 0 Å². The van der Waals surface area contributed by atoms with Gasteiger partial charge in [-0.25, -0.2) is 0 Å². The zero-order valence-electron chi connectivity index (χ0n) is 13.4. The molecule has 0 amide bonds. The van der Waals surface area contributed by atoms with E-state index in [1.807, 2.05) is 0 Å². The van der Waals surface area contributed by atoms with Crippen LogP contribution in [-0.4, -0.2) is 4.57 Å². The van der Waals surface area contributed by atoms with Gasteiger partial charge in [-0.1, -0.05) is 40.0 Å². The van der Waals surface area contributed by atoms with Gasteiger partial charge in [0.25, 0.3) is 0 Å². The SMILES string of the molecule is CC1CCCCCC1n1ccc2c1CC(C)(C)CC2N. The molecule has 2 aliphatic rings. The monoisotopic (exact) mass is 274 g/mol. The highest BCUT2D eigenvalue weighted by Gasteiger charge is 2.34. The van der Waals surface area contributed by atoms with E-state index in [0.717, 1.165) is 12.3 Å². The van der Waals surface area contributed by atoms with Crippen molar-refractivity contribution in [2.24, 2.45) is 17.1 Å². The Morgan fingerprint density at radius 1 is 1.20 bits per heavy atom. The van der Waals surface area contributed by atoms with Crippen molar-refractivity contribution in [3.8, 4) is 0 Å². The maximum absolute atomic E-state index is 6.42. The van der Waals surface area contributed by atoms with Crippen molar-refractivity contribution in [3.63, 3.8) is 0 Å². The fourth-order valence-electron chi connectivity index (χ4n) is 4.45. The summed E-state index contributed by atoms with van der Waals surface area (Å²) in [6.45, 7) is 7.17. The Labute approximate surface area is 123 Å². The van der Waals surface area contributed by atoms with Gasteiger partial charge < -0.3 is 10.3 Å². The molecule has 3 unspecified atom stereocenters. The van der Waals surface area contributed by atoms with Gasteiger partial charge in [0, 0.05) is 24.0 Å². The minimum absolute atomic E-state index is 0.232. The molecule has 1 fully saturated rings. The summed E-state index contributed by atoms with van der Waals surface area (Å²) in [5.74, 6) is 0.801. The lowest BCUT2D eigenvalue weighted by molar-refractivity contribution is 0.258. The van der Waals surface area contributed by atoms with E-state index < -0.39 is 0 Å². The Morgan fingerprint density at radius 3 is 2.75 bits per heavy atom. The molecule has 2 aliphatic carbocycles. The van der Waals surface area contributed by atoms with E-state index in [4.69, 9.17) is 5.73 Å². The van der Waals surface area contributed by atoms with E-state index in [-0.39, 0.29) is 6.04 Å². The van der Waals surface area contributed by atoms with Crippen molar-refractivity contribution in [1.82, 2.24) is 4.57 Å². The van der Waals surface area contributed by atoms with Crippen molar-refractivity contribution in [1.29, 1.82) is 0 Å². The summed E-state index contributed by atoms with van der Waals surface area (Å²) >= 11 is 0. The van der Waals surface area contributed by atoms with Crippen molar-refractivity contribution >= 4 is 0 Å². The average molecular weight is 274 g/mol. The van der Waals surface area contributed by atoms with Crippen LogP contribution in [0.2, 0.25) is 0 Å². The van der Waals surface area contributed by atoms with E-state index in [0.29, 0.717) is 11.5 Å². The quantitative estimate of drug-likeness (QED) is 0.745. The number of fused-ring (bicyclic) bond motifs is 1. The minimum atomic E-state index is 0.232. The molecule has 1 aromatic heterocycles. The second-order valence-corrected chi connectivity index (χ2v) is 7.96. The van der Waals surface area contributed by atoms with Gasteiger partial charge in [0.05, 0.1) is 0 Å². The van der Waals surface area contributed by atoms with E-state index >= 15 is 0 Å². The highest BCUT2D eigenvalue weighted by atomic mass is 15.0. The van der Waals surface area contributed by atoms with Crippen LogP contribution in [0.1, 0.15) is 82.6 Å². The number of nitrogens with two attached hydrogens (primary N) is 1. The van der Waals surface area contributed by atoms with Crippen LogP contribution in [0.5, 0.6) is 0 Å². The smallest absolute Gasteiger partial charge is 0.0359 e. The Morgan fingerprint density at radius 2 is 1.95 bits per heavy atom. The van der Waals surface area contributed by atoms with Crippen LogP contribution < -0.4 is 5.73 Å². The number of rotatable bonds is 1. The molecule has 2 N–H and O–H groups in total. The summed E-state index contributed by atoms with van der Waals surface area (Å²) in [5.41, 5.74) is 9.71. The first-order valence-corrected chi connectivity index (χ1v) is 8.43.